The summed E-state index contributed by atoms with van der Waals surface area (Å²) in [6.45, 7) is 12.1. The highest BCUT2D eigenvalue weighted by atomic mass is 16.5. The average Bonchev–Trinajstić information content (AvgIpc) is 2.58. The summed E-state index contributed by atoms with van der Waals surface area (Å²) in [4.78, 5) is 22.4. The number of hydrogen-bond donors (Lipinski definition) is 1. The summed E-state index contributed by atoms with van der Waals surface area (Å²) in [5, 5.41) is 8.78. The first kappa shape index (κ1) is 23.7. The van der Waals surface area contributed by atoms with Gasteiger partial charge in [-0.15, -0.1) is 0 Å². The van der Waals surface area contributed by atoms with E-state index in [1.807, 2.05) is 25.2 Å². The van der Waals surface area contributed by atoms with Crippen LogP contribution in [0.2, 0.25) is 0 Å². The molecule has 4 nitrogen and oxygen atoms in total. The van der Waals surface area contributed by atoms with E-state index in [-0.39, 0.29) is 12.0 Å². The van der Waals surface area contributed by atoms with Gasteiger partial charge >= 0.3 is 11.9 Å². The van der Waals surface area contributed by atoms with E-state index in [0.717, 1.165) is 11.1 Å². The molecule has 0 aromatic carbocycles. The summed E-state index contributed by atoms with van der Waals surface area (Å²) in [5.74, 6) is -2.22. The van der Waals surface area contributed by atoms with Crippen LogP contribution >= 0.6 is 0 Å². The van der Waals surface area contributed by atoms with Crippen LogP contribution in [0, 0.1) is 11.3 Å². The summed E-state index contributed by atoms with van der Waals surface area (Å²) in [6.07, 6.45) is 15.1. The third-order valence-corrected chi connectivity index (χ3v) is 5.02. The zero-order valence-electron chi connectivity index (χ0n) is 18.0. The van der Waals surface area contributed by atoms with Crippen molar-refractivity contribution in [2.75, 3.05) is 6.61 Å². The van der Waals surface area contributed by atoms with Gasteiger partial charge < -0.3 is 9.84 Å². The number of carboxylic acids is 1. The molecule has 0 aromatic rings. The lowest BCUT2D eigenvalue weighted by atomic mass is 9.72. The van der Waals surface area contributed by atoms with Crippen molar-refractivity contribution in [2.45, 2.75) is 60.8 Å². The third kappa shape index (κ3) is 8.12. The zero-order valence-corrected chi connectivity index (χ0v) is 18.0. The SMILES string of the molecule is CC1=C(/C=C/C(C)=C/C=C/C(C)=C/C(=O)OCC(C)C(=O)O)C(C)(C)CCC1. The van der Waals surface area contributed by atoms with Gasteiger partial charge in [-0.1, -0.05) is 55.4 Å². The summed E-state index contributed by atoms with van der Waals surface area (Å²) in [7, 11) is 0. The highest BCUT2D eigenvalue weighted by molar-refractivity contribution is 5.83. The van der Waals surface area contributed by atoms with Crippen LogP contribution in [0.4, 0.5) is 0 Å². The zero-order chi connectivity index (χ0) is 21.3. The van der Waals surface area contributed by atoms with Gasteiger partial charge in [0.2, 0.25) is 0 Å². The van der Waals surface area contributed by atoms with Gasteiger partial charge in [-0.25, -0.2) is 4.79 Å². The van der Waals surface area contributed by atoms with E-state index < -0.39 is 17.9 Å². The number of allylic oxidation sites excluding steroid dienone is 9. The van der Waals surface area contributed by atoms with Gasteiger partial charge in [0, 0.05) is 6.08 Å². The van der Waals surface area contributed by atoms with Gasteiger partial charge in [-0.2, -0.15) is 0 Å². The van der Waals surface area contributed by atoms with Crippen LogP contribution < -0.4 is 0 Å². The smallest absolute Gasteiger partial charge is 0.331 e. The second kappa shape index (κ2) is 10.8. The first-order valence-corrected chi connectivity index (χ1v) is 9.84. The predicted molar refractivity (Wildman–Crippen MR) is 114 cm³/mol. The maximum atomic E-state index is 11.7. The van der Waals surface area contributed by atoms with Crippen LogP contribution in [0.5, 0.6) is 0 Å². The van der Waals surface area contributed by atoms with Crippen molar-refractivity contribution in [1.82, 2.24) is 0 Å². The fourth-order valence-electron chi connectivity index (χ4n) is 3.19. The van der Waals surface area contributed by atoms with Gasteiger partial charge in [-0.05, 0) is 63.5 Å². The molecule has 0 bridgehead atoms. The maximum Gasteiger partial charge on any atom is 0.331 e. The number of carbonyl (C=O) groups is 2. The van der Waals surface area contributed by atoms with Crippen molar-refractivity contribution in [3.05, 3.63) is 58.7 Å². The number of aliphatic carboxylic acids is 1. The Morgan fingerprint density at radius 2 is 1.89 bits per heavy atom. The molecule has 1 aliphatic rings. The number of hydrogen-bond acceptors (Lipinski definition) is 3. The van der Waals surface area contributed by atoms with Crippen molar-refractivity contribution in [1.29, 1.82) is 0 Å². The van der Waals surface area contributed by atoms with Gasteiger partial charge in [0.1, 0.15) is 6.61 Å². The molecule has 0 amide bonds. The summed E-state index contributed by atoms with van der Waals surface area (Å²) >= 11 is 0. The second-order valence-corrected chi connectivity index (χ2v) is 8.29. The lowest BCUT2D eigenvalue weighted by Crippen LogP contribution is -2.19. The Hall–Kier alpha value is -2.36. The standard InChI is InChI=1S/C24H34O4/c1-17(12-13-21-19(3)11-8-14-24(21,5)6)9-7-10-18(2)15-22(25)28-16-20(4)23(26)27/h7,9-10,12-13,15,20H,8,11,14,16H2,1-6H3,(H,26,27)/b10-7+,13-12+,17-9+,18-15+. The molecule has 1 N–H and O–H groups in total. The van der Waals surface area contributed by atoms with Crippen molar-refractivity contribution in [2.24, 2.45) is 11.3 Å². The molecule has 0 aromatic heterocycles. The van der Waals surface area contributed by atoms with Crippen LogP contribution in [0.25, 0.3) is 0 Å². The lowest BCUT2D eigenvalue weighted by Gasteiger charge is -2.32. The van der Waals surface area contributed by atoms with E-state index in [1.54, 1.807) is 6.92 Å². The van der Waals surface area contributed by atoms with Gasteiger partial charge in [-0.3, -0.25) is 4.79 Å². The molecule has 4 heteroatoms. The number of rotatable bonds is 8. The molecule has 1 unspecified atom stereocenters. The molecule has 0 heterocycles. The first-order chi connectivity index (χ1) is 13.0. The summed E-state index contributed by atoms with van der Waals surface area (Å²) in [5.41, 5.74) is 5.01. The average molecular weight is 387 g/mol. The minimum Gasteiger partial charge on any atom is -0.481 e. The number of carboxylic acid groups (broad SMARTS) is 1. The molecular formula is C24H34O4. The Balaban J connectivity index is 2.65. The monoisotopic (exact) mass is 386 g/mol. The molecule has 0 fully saturated rings. The Labute approximate surface area is 169 Å². The van der Waals surface area contributed by atoms with E-state index >= 15 is 0 Å². The van der Waals surface area contributed by atoms with E-state index in [4.69, 9.17) is 9.84 Å². The second-order valence-electron chi connectivity index (χ2n) is 8.29. The summed E-state index contributed by atoms with van der Waals surface area (Å²) in [6, 6.07) is 0. The van der Waals surface area contributed by atoms with Gasteiger partial charge in [0.15, 0.2) is 0 Å². The first-order valence-electron chi connectivity index (χ1n) is 9.84. The van der Waals surface area contributed by atoms with Crippen molar-refractivity contribution >= 4 is 11.9 Å². The van der Waals surface area contributed by atoms with Crippen LogP contribution in [0.15, 0.2) is 58.7 Å². The molecule has 154 valence electrons. The van der Waals surface area contributed by atoms with E-state index in [1.165, 1.54) is 43.4 Å². The van der Waals surface area contributed by atoms with E-state index in [0.29, 0.717) is 0 Å². The number of carbonyl (C=O) groups excluding carboxylic acids is 1. The largest absolute Gasteiger partial charge is 0.481 e. The number of esters is 1. The predicted octanol–water partition coefficient (Wildman–Crippen LogP) is 5.78. The van der Waals surface area contributed by atoms with Gasteiger partial charge in [0.25, 0.3) is 0 Å². The molecule has 0 saturated carbocycles. The number of ether oxygens (including phenoxy) is 1. The van der Waals surface area contributed by atoms with Crippen LogP contribution in [0.3, 0.4) is 0 Å². The molecular weight excluding hydrogens is 352 g/mol. The molecule has 28 heavy (non-hydrogen) atoms. The Bertz CT molecular complexity index is 730. The quantitative estimate of drug-likeness (QED) is 0.326. The third-order valence-electron chi connectivity index (χ3n) is 5.02. The Morgan fingerprint density at radius 1 is 1.21 bits per heavy atom. The van der Waals surface area contributed by atoms with Crippen LogP contribution in [-0.2, 0) is 14.3 Å². The molecule has 0 aliphatic heterocycles. The molecule has 1 rings (SSSR count). The molecule has 0 spiro atoms. The Kier molecular flexibility index (Phi) is 9.17. The molecule has 1 aliphatic carbocycles. The lowest BCUT2D eigenvalue weighted by molar-refractivity contribution is -0.147. The maximum absolute atomic E-state index is 11.7. The topological polar surface area (TPSA) is 63.6 Å². The van der Waals surface area contributed by atoms with Crippen LogP contribution in [-0.4, -0.2) is 23.7 Å². The fraction of sp³-hybridized carbons (Fsp3) is 0.500. The Morgan fingerprint density at radius 3 is 2.50 bits per heavy atom. The van der Waals surface area contributed by atoms with Crippen molar-refractivity contribution < 1.29 is 19.4 Å². The van der Waals surface area contributed by atoms with E-state index in [2.05, 4.69) is 32.9 Å². The minimum absolute atomic E-state index is 0.128. The highest BCUT2D eigenvalue weighted by Crippen LogP contribution is 2.40. The molecule has 0 radical (unpaired) electrons. The van der Waals surface area contributed by atoms with Crippen molar-refractivity contribution in [3.8, 4) is 0 Å². The summed E-state index contributed by atoms with van der Waals surface area (Å²) < 4.78 is 4.94. The highest BCUT2D eigenvalue weighted by Gasteiger charge is 2.26. The van der Waals surface area contributed by atoms with E-state index in [9.17, 15) is 9.59 Å². The normalized spacial score (nSPS) is 19.4. The van der Waals surface area contributed by atoms with Gasteiger partial charge in [0.05, 0.1) is 5.92 Å². The fourth-order valence-corrected chi connectivity index (χ4v) is 3.19. The van der Waals surface area contributed by atoms with Crippen LogP contribution in [0.1, 0.15) is 60.8 Å². The minimum atomic E-state index is -0.982. The molecule has 1 atom stereocenters. The molecule has 0 saturated heterocycles. The van der Waals surface area contributed by atoms with Crippen molar-refractivity contribution in [3.63, 3.8) is 0 Å².